The summed E-state index contributed by atoms with van der Waals surface area (Å²) in [5, 5.41) is 5.95. The first-order valence-corrected chi connectivity index (χ1v) is 8.19. The first-order chi connectivity index (χ1) is 10.9. The van der Waals surface area contributed by atoms with E-state index in [1.165, 1.54) is 6.07 Å². The van der Waals surface area contributed by atoms with Crippen LogP contribution in [0.2, 0.25) is 0 Å². The van der Waals surface area contributed by atoms with Gasteiger partial charge in [-0.05, 0) is 37.6 Å². The van der Waals surface area contributed by atoms with Gasteiger partial charge in [0.05, 0.1) is 6.54 Å². The van der Waals surface area contributed by atoms with E-state index in [1.807, 2.05) is 38.1 Å². The second kappa shape index (κ2) is 7.70. The molecule has 0 radical (unpaired) electrons. The lowest BCUT2D eigenvalue weighted by Crippen LogP contribution is -2.43. The summed E-state index contributed by atoms with van der Waals surface area (Å²) in [5.41, 5.74) is 1.23. The number of nitrogens with one attached hydrogen (secondary N) is 2. The van der Waals surface area contributed by atoms with E-state index in [9.17, 15) is 9.18 Å². The van der Waals surface area contributed by atoms with Crippen LogP contribution in [0.4, 0.5) is 4.39 Å². The minimum atomic E-state index is -0.337. The van der Waals surface area contributed by atoms with Gasteiger partial charge in [0.2, 0.25) is 5.91 Å². The average Bonchev–Trinajstić information content (AvgIpc) is 2.53. The van der Waals surface area contributed by atoms with E-state index in [1.54, 1.807) is 18.2 Å². The van der Waals surface area contributed by atoms with Gasteiger partial charge < -0.3 is 5.32 Å². The molecule has 0 unspecified atom stereocenters. The van der Waals surface area contributed by atoms with E-state index in [0.717, 1.165) is 10.0 Å². The van der Waals surface area contributed by atoms with Crippen LogP contribution in [-0.2, 0) is 16.9 Å². The molecular weight excluding hydrogens is 359 g/mol. The molecule has 0 spiro atoms. The molecule has 122 valence electrons. The summed E-state index contributed by atoms with van der Waals surface area (Å²) in [5.74, 6) is -0.477. The molecule has 0 aliphatic heterocycles. The number of rotatable bonds is 6. The van der Waals surface area contributed by atoms with Gasteiger partial charge in [-0.1, -0.05) is 46.3 Å². The summed E-state index contributed by atoms with van der Waals surface area (Å²) >= 11 is 3.41. The number of carbonyl (C=O) groups is 1. The first kappa shape index (κ1) is 17.6. The third-order valence-electron chi connectivity index (χ3n) is 3.69. The van der Waals surface area contributed by atoms with Crippen LogP contribution in [0.25, 0.3) is 0 Å². The predicted molar refractivity (Wildman–Crippen MR) is 93.4 cm³/mol. The van der Waals surface area contributed by atoms with Crippen LogP contribution in [-0.4, -0.2) is 12.5 Å². The molecule has 5 heteroatoms. The van der Waals surface area contributed by atoms with Crippen molar-refractivity contribution in [2.45, 2.75) is 25.9 Å². The number of carbonyl (C=O) groups excluding carboxylic acids is 1. The van der Waals surface area contributed by atoms with Gasteiger partial charge in [0, 0.05) is 22.1 Å². The molecular formula is C18H20BrFN2O. The molecule has 0 aliphatic carbocycles. The predicted octanol–water partition coefficient (Wildman–Crippen LogP) is 3.73. The smallest absolute Gasteiger partial charge is 0.234 e. The van der Waals surface area contributed by atoms with Crippen molar-refractivity contribution >= 4 is 21.8 Å². The van der Waals surface area contributed by atoms with Crippen molar-refractivity contribution in [3.05, 3.63) is 69.9 Å². The van der Waals surface area contributed by atoms with Crippen LogP contribution in [0.15, 0.2) is 53.0 Å². The number of amides is 1. The molecule has 2 aromatic carbocycles. The third kappa shape index (κ3) is 5.15. The molecule has 2 rings (SSSR count). The lowest BCUT2D eigenvalue weighted by molar-refractivity contribution is -0.120. The molecule has 2 N–H and O–H groups in total. The second-order valence-corrected chi connectivity index (χ2v) is 6.77. The summed E-state index contributed by atoms with van der Waals surface area (Å²) in [6.45, 7) is 4.38. The molecule has 0 saturated carbocycles. The number of halogens is 2. The van der Waals surface area contributed by atoms with Gasteiger partial charge in [-0.15, -0.1) is 0 Å². The van der Waals surface area contributed by atoms with Gasteiger partial charge in [0.1, 0.15) is 5.82 Å². The summed E-state index contributed by atoms with van der Waals surface area (Å²) in [6.07, 6.45) is 0. The van der Waals surface area contributed by atoms with Crippen molar-refractivity contribution in [3.63, 3.8) is 0 Å². The van der Waals surface area contributed by atoms with Gasteiger partial charge in [0.25, 0.3) is 0 Å². The van der Waals surface area contributed by atoms with E-state index >= 15 is 0 Å². The van der Waals surface area contributed by atoms with Crippen LogP contribution in [0.5, 0.6) is 0 Å². The Balaban J connectivity index is 1.86. The Morgan fingerprint density at radius 3 is 2.43 bits per heavy atom. The highest BCUT2D eigenvalue weighted by atomic mass is 79.9. The molecule has 0 fully saturated rings. The Hall–Kier alpha value is -1.72. The van der Waals surface area contributed by atoms with E-state index in [4.69, 9.17) is 0 Å². The fourth-order valence-corrected chi connectivity index (χ4v) is 2.43. The fourth-order valence-electron chi connectivity index (χ4n) is 2.17. The summed E-state index contributed by atoms with van der Waals surface area (Å²) in [6, 6.07) is 14.4. The minimum Gasteiger partial charge on any atom is -0.351 e. The SMILES string of the molecule is CC(C)(NCC(=O)NCc1ccccc1F)c1ccc(Br)cc1. The molecule has 0 bridgehead atoms. The van der Waals surface area contributed by atoms with E-state index < -0.39 is 0 Å². The Morgan fingerprint density at radius 2 is 1.78 bits per heavy atom. The number of hydrogen-bond donors (Lipinski definition) is 2. The van der Waals surface area contributed by atoms with Crippen LogP contribution < -0.4 is 10.6 Å². The van der Waals surface area contributed by atoms with Crippen molar-refractivity contribution in [2.75, 3.05) is 6.54 Å². The zero-order chi connectivity index (χ0) is 16.9. The maximum atomic E-state index is 13.5. The normalized spacial score (nSPS) is 11.3. The molecule has 1 amide bonds. The van der Waals surface area contributed by atoms with Crippen molar-refractivity contribution in [3.8, 4) is 0 Å². The van der Waals surface area contributed by atoms with E-state index in [0.29, 0.717) is 5.56 Å². The van der Waals surface area contributed by atoms with Crippen molar-refractivity contribution in [2.24, 2.45) is 0 Å². The zero-order valence-electron chi connectivity index (χ0n) is 13.2. The largest absolute Gasteiger partial charge is 0.351 e. The Kier molecular flexibility index (Phi) is 5.91. The summed E-state index contributed by atoms with van der Waals surface area (Å²) < 4.78 is 14.5. The van der Waals surface area contributed by atoms with Crippen LogP contribution >= 0.6 is 15.9 Å². The molecule has 0 atom stereocenters. The quantitative estimate of drug-likeness (QED) is 0.803. The van der Waals surface area contributed by atoms with Crippen molar-refractivity contribution in [1.29, 1.82) is 0 Å². The molecule has 0 heterocycles. The van der Waals surface area contributed by atoms with Crippen molar-refractivity contribution in [1.82, 2.24) is 10.6 Å². The van der Waals surface area contributed by atoms with Crippen LogP contribution in [0, 0.1) is 5.82 Å². The van der Waals surface area contributed by atoms with Gasteiger partial charge >= 0.3 is 0 Å². The van der Waals surface area contributed by atoms with Gasteiger partial charge in [-0.25, -0.2) is 4.39 Å². The average molecular weight is 379 g/mol. The maximum absolute atomic E-state index is 13.5. The number of hydrogen-bond acceptors (Lipinski definition) is 2. The lowest BCUT2D eigenvalue weighted by atomic mass is 9.94. The molecule has 23 heavy (non-hydrogen) atoms. The highest BCUT2D eigenvalue weighted by Gasteiger charge is 2.20. The number of benzene rings is 2. The Morgan fingerprint density at radius 1 is 1.13 bits per heavy atom. The Bertz CT molecular complexity index is 671. The van der Waals surface area contributed by atoms with E-state index in [-0.39, 0.29) is 30.4 Å². The minimum absolute atomic E-state index is 0.164. The first-order valence-electron chi connectivity index (χ1n) is 7.40. The standard InChI is InChI=1S/C18H20BrFN2O/c1-18(2,14-7-9-15(19)10-8-14)22-12-17(23)21-11-13-5-3-4-6-16(13)20/h3-10,22H,11-12H2,1-2H3,(H,21,23). The van der Waals surface area contributed by atoms with Crippen molar-refractivity contribution < 1.29 is 9.18 Å². The Labute approximate surface area is 144 Å². The maximum Gasteiger partial charge on any atom is 0.234 e. The molecule has 3 nitrogen and oxygen atoms in total. The van der Waals surface area contributed by atoms with Gasteiger partial charge in [0.15, 0.2) is 0 Å². The highest BCUT2D eigenvalue weighted by Crippen LogP contribution is 2.21. The topological polar surface area (TPSA) is 41.1 Å². The van der Waals surface area contributed by atoms with Crippen LogP contribution in [0.1, 0.15) is 25.0 Å². The van der Waals surface area contributed by atoms with Crippen LogP contribution in [0.3, 0.4) is 0 Å². The molecule has 2 aromatic rings. The summed E-state index contributed by atoms with van der Waals surface area (Å²) in [4.78, 5) is 12.0. The molecule has 0 aromatic heterocycles. The molecule has 0 aliphatic rings. The summed E-state index contributed by atoms with van der Waals surface area (Å²) in [7, 11) is 0. The third-order valence-corrected chi connectivity index (χ3v) is 4.22. The second-order valence-electron chi connectivity index (χ2n) is 5.85. The molecule has 0 saturated heterocycles. The fraction of sp³-hybridized carbons (Fsp3) is 0.278. The van der Waals surface area contributed by atoms with Gasteiger partial charge in [-0.3, -0.25) is 10.1 Å². The van der Waals surface area contributed by atoms with E-state index in [2.05, 4.69) is 26.6 Å². The monoisotopic (exact) mass is 378 g/mol. The lowest BCUT2D eigenvalue weighted by Gasteiger charge is -2.27. The zero-order valence-corrected chi connectivity index (χ0v) is 14.8. The highest BCUT2D eigenvalue weighted by molar-refractivity contribution is 9.10. The van der Waals surface area contributed by atoms with Gasteiger partial charge in [-0.2, -0.15) is 0 Å².